The molecule has 0 radical (unpaired) electrons. The SMILES string of the molecule is O=C(O)c1ccccc1Cc1ccc(S)cc1. The van der Waals surface area contributed by atoms with Gasteiger partial charge in [-0.1, -0.05) is 30.3 Å². The van der Waals surface area contributed by atoms with Crippen LogP contribution in [0.2, 0.25) is 0 Å². The first-order valence-corrected chi connectivity index (χ1v) is 5.70. The van der Waals surface area contributed by atoms with Crippen molar-refractivity contribution >= 4 is 18.6 Å². The van der Waals surface area contributed by atoms with E-state index in [1.807, 2.05) is 36.4 Å². The van der Waals surface area contributed by atoms with Crippen molar-refractivity contribution in [1.82, 2.24) is 0 Å². The lowest BCUT2D eigenvalue weighted by molar-refractivity contribution is 0.0696. The number of hydrogen-bond donors (Lipinski definition) is 2. The summed E-state index contributed by atoms with van der Waals surface area (Å²) in [5, 5.41) is 9.08. The number of thiol groups is 1. The summed E-state index contributed by atoms with van der Waals surface area (Å²) in [7, 11) is 0. The van der Waals surface area contributed by atoms with Gasteiger partial charge in [0.15, 0.2) is 0 Å². The predicted molar refractivity (Wildman–Crippen MR) is 69.9 cm³/mol. The fourth-order valence-corrected chi connectivity index (χ4v) is 1.87. The molecule has 2 aromatic carbocycles. The minimum Gasteiger partial charge on any atom is -0.478 e. The lowest BCUT2D eigenvalue weighted by Crippen LogP contribution is -2.02. The summed E-state index contributed by atoms with van der Waals surface area (Å²) >= 11 is 4.22. The Bertz CT molecular complexity index is 532. The van der Waals surface area contributed by atoms with E-state index < -0.39 is 5.97 Å². The molecule has 0 atom stereocenters. The first-order chi connectivity index (χ1) is 8.16. The van der Waals surface area contributed by atoms with Gasteiger partial charge in [-0.3, -0.25) is 0 Å². The van der Waals surface area contributed by atoms with E-state index in [1.165, 1.54) is 0 Å². The van der Waals surface area contributed by atoms with E-state index in [-0.39, 0.29) is 0 Å². The minimum atomic E-state index is -0.883. The second kappa shape index (κ2) is 5.06. The highest BCUT2D eigenvalue weighted by atomic mass is 32.1. The molecular weight excluding hydrogens is 232 g/mol. The molecule has 0 unspecified atom stereocenters. The van der Waals surface area contributed by atoms with Crippen molar-refractivity contribution in [3.8, 4) is 0 Å². The van der Waals surface area contributed by atoms with Crippen molar-refractivity contribution in [3.63, 3.8) is 0 Å². The van der Waals surface area contributed by atoms with E-state index in [9.17, 15) is 4.79 Å². The van der Waals surface area contributed by atoms with Gasteiger partial charge in [0.05, 0.1) is 5.56 Å². The first kappa shape index (κ1) is 11.7. The van der Waals surface area contributed by atoms with Crippen LogP contribution in [0, 0.1) is 0 Å². The van der Waals surface area contributed by atoms with Crippen molar-refractivity contribution < 1.29 is 9.90 Å². The van der Waals surface area contributed by atoms with Crippen LogP contribution >= 0.6 is 12.6 Å². The average molecular weight is 244 g/mol. The summed E-state index contributed by atoms with van der Waals surface area (Å²) < 4.78 is 0. The maximum atomic E-state index is 11.1. The van der Waals surface area contributed by atoms with Crippen LogP contribution in [0.25, 0.3) is 0 Å². The van der Waals surface area contributed by atoms with Crippen LogP contribution in [-0.2, 0) is 6.42 Å². The molecule has 0 aliphatic heterocycles. The first-order valence-electron chi connectivity index (χ1n) is 5.26. The molecule has 0 amide bonds. The maximum absolute atomic E-state index is 11.1. The van der Waals surface area contributed by atoms with Crippen LogP contribution in [0.5, 0.6) is 0 Å². The molecule has 0 aromatic heterocycles. The fourth-order valence-electron chi connectivity index (χ4n) is 1.72. The second-order valence-electron chi connectivity index (χ2n) is 3.81. The van der Waals surface area contributed by atoms with Gasteiger partial charge in [-0.05, 0) is 35.7 Å². The Morgan fingerprint density at radius 3 is 2.35 bits per heavy atom. The van der Waals surface area contributed by atoms with Gasteiger partial charge in [0.1, 0.15) is 0 Å². The molecule has 0 heterocycles. The van der Waals surface area contributed by atoms with Gasteiger partial charge in [0.25, 0.3) is 0 Å². The van der Waals surface area contributed by atoms with Crippen LogP contribution in [0.4, 0.5) is 0 Å². The van der Waals surface area contributed by atoms with Gasteiger partial charge in [0.2, 0.25) is 0 Å². The Balaban J connectivity index is 2.30. The minimum absolute atomic E-state index is 0.363. The Kier molecular flexibility index (Phi) is 3.49. The van der Waals surface area contributed by atoms with Gasteiger partial charge in [-0.25, -0.2) is 4.79 Å². The molecule has 0 aliphatic carbocycles. The summed E-state index contributed by atoms with van der Waals surface area (Å²) in [5.74, 6) is -0.883. The smallest absolute Gasteiger partial charge is 0.335 e. The zero-order chi connectivity index (χ0) is 12.3. The monoisotopic (exact) mass is 244 g/mol. The molecular formula is C14H12O2S. The number of carboxylic acid groups (broad SMARTS) is 1. The summed E-state index contributed by atoms with van der Waals surface area (Å²) in [6, 6.07) is 14.8. The molecule has 0 fully saturated rings. The molecule has 86 valence electrons. The molecule has 1 N–H and O–H groups in total. The van der Waals surface area contributed by atoms with Crippen LogP contribution in [0.1, 0.15) is 21.5 Å². The Morgan fingerprint density at radius 1 is 1.06 bits per heavy atom. The molecule has 3 heteroatoms. The van der Waals surface area contributed by atoms with Gasteiger partial charge >= 0.3 is 5.97 Å². The Morgan fingerprint density at radius 2 is 1.71 bits per heavy atom. The highest BCUT2D eigenvalue weighted by Gasteiger charge is 2.08. The van der Waals surface area contributed by atoms with E-state index in [4.69, 9.17) is 5.11 Å². The molecule has 0 aliphatic rings. The van der Waals surface area contributed by atoms with E-state index in [0.29, 0.717) is 12.0 Å². The third-order valence-corrected chi connectivity index (χ3v) is 2.88. The average Bonchev–Trinajstić information content (AvgIpc) is 2.32. The lowest BCUT2D eigenvalue weighted by atomic mass is 10.00. The van der Waals surface area contributed by atoms with E-state index in [0.717, 1.165) is 16.0 Å². The van der Waals surface area contributed by atoms with Gasteiger partial charge in [-0.15, -0.1) is 12.6 Å². The zero-order valence-corrected chi connectivity index (χ0v) is 10.0. The number of benzene rings is 2. The molecule has 2 aromatic rings. The standard InChI is InChI=1S/C14H12O2S/c15-14(16)13-4-2-1-3-11(13)9-10-5-7-12(17)8-6-10/h1-8,17H,9H2,(H,15,16). The zero-order valence-electron chi connectivity index (χ0n) is 9.13. The number of carboxylic acids is 1. The number of rotatable bonds is 3. The molecule has 17 heavy (non-hydrogen) atoms. The normalized spacial score (nSPS) is 10.2. The van der Waals surface area contributed by atoms with Crippen molar-refractivity contribution in [1.29, 1.82) is 0 Å². The predicted octanol–water partition coefficient (Wildman–Crippen LogP) is 3.26. The van der Waals surface area contributed by atoms with Crippen LogP contribution < -0.4 is 0 Å². The van der Waals surface area contributed by atoms with Crippen molar-refractivity contribution in [2.75, 3.05) is 0 Å². The fraction of sp³-hybridized carbons (Fsp3) is 0.0714. The molecule has 0 spiro atoms. The third kappa shape index (κ3) is 2.88. The summed E-state index contributed by atoms with van der Waals surface area (Å²) in [6.07, 6.45) is 0.622. The largest absolute Gasteiger partial charge is 0.478 e. The number of carbonyl (C=O) groups is 1. The van der Waals surface area contributed by atoms with Crippen molar-refractivity contribution in [2.45, 2.75) is 11.3 Å². The highest BCUT2D eigenvalue weighted by molar-refractivity contribution is 7.80. The topological polar surface area (TPSA) is 37.3 Å². The summed E-state index contributed by atoms with van der Waals surface area (Å²) in [4.78, 5) is 12.0. The quantitative estimate of drug-likeness (QED) is 0.813. The summed E-state index contributed by atoms with van der Waals surface area (Å²) in [5.41, 5.74) is 2.27. The maximum Gasteiger partial charge on any atom is 0.335 e. The van der Waals surface area contributed by atoms with Crippen LogP contribution in [0.15, 0.2) is 53.4 Å². The molecule has 0 saturated heterocycles. The highest BCUT2D eigenvalue weighted by Crippen LogP contribution is 2.16. The third-order valence-electron chi connectivity index (χ3n) is 2.58. The van der Waals surface area contributed by atoms with Crippen molar-refractivity contribution in [2.24, 2.45) is 0 Å². The summed E-state index contributed by atoms with van der Waals surface area (Å²) in [6.45, 7) is 0. The molecule has 2 rings (SSSR count). The number of aromatic carboxylic acids is 1. The van der Waals surface area contributed by atoms with E-state index >= 15 is 0 Å². The van der Waals surface area contributed by atoms with Gasteiger partial charge < -0.3 is 5.11 Å². The second-order valence-corrected chi connectivity index (χ2v) is 4.32. The van der Waals surface area contributed by atoms with E-state index in [2.05, 4.69) is 12.6 Å². The Hall–Kier alpha value is -1.74. The van der Waals surface area contributed by atoms with Gasteiger partial charge in [0, 0.05) is 4.90 Å². The lowest BCUT2D eigenvalue weighted by Gasteiger charge is -2.06. The van der Waals surface area contributed by atoms with E-state index in [1.54, 1.807) is 12.1 Å². The van der Waals surface area contributed by atoms with Crippen LogP contribution in [-0.4, -0.2) is 11.1 Å². The van der Waals surface area contributed by atoms with Gasteiger partial charge in [-0.2, -0.15) is 0 Å². The van der Waals surface area contributed by atoms with Crippen molar-refractivity contribution in [3.05, 3.63) is 65.2 Å². The van der Waals surface area contributed by atoms with Crippen LogP contribution in [0.3, 0.4) is 0 Å². The molecule has 2 nitrogen and oxygen atoms in total. The Labute approximate surface area is 105 Å². The molecule has 0 bridgehead atoms. The number of hydrogen-bond acceptors (Lipinski definition) is 2. The molecule has 0 saturated carbocycles.